The van der Waals surface area contributed by atoms with Crippen LogP contribution in [-0.2, 0) is 16.6 Å². The molecule has 3 N–H and O–H groups in total. The summed E-state index contributed by atoms with van der Waals surface area (Å²) in [5, 5.41) is 9.24. The number of nitrogens with zero attached hydrogens (tertiary/aromatic N) is 1. The molecular formula is C10H17F3N4O2S. The maximum atomic E-state index is 12.1. The maximum Gasteiger partial charge on any atom is 0.402 e. The van der Waals surface area contributed by atoms with Gasteiger partial charge in [-0.3, -0.25) is 5.10 Å². The molecule has 0 saturated carbocycles. The van der Waals surface area contributed by atoms with Gasteiger partial charge in [0.15, 0.2) is 0 Å². The SMILES string of the molecule is CCCNCc1n[nH]c(C)c1S(=O)(=O)NCC(F)(F)F. The van der Waals surface area contributed by atoms with E-state index in [9.17, 15) is 21.6 Å². The van der Waals surface area contributed by atoms with Crippen molar-refractivity contribution in [3.63, 3.8) is 0 Å². The van der Waals surface area contributed by atoms with E-state index >= 15 is 0 Å². The zero-order valence-electron chi connectivity index (χ0n) is 11.1. The Bertz CT molecular complexity index is 539. The van der Waals surface area contributed by atoms with E-state index < -0.39 is 22.7 Å². The molecule has 0 aromatic carbocycles. The lowest BCUT2D eigenvalue weighted by molar-refractivity contribution is -0.121. The lowest BCUT2D eigenvalue weighted by atomic mass is 10.3. The van der Waals surface area contributed by atoms with Gasteiger partial charge in [-0.2, -0.15) is 18.3 Å². The van der Waals surface area contributed by atoms with Crippen molar-refractivity contribution in [1.29, 1.82) is 0 Å². The standard InChI is InChI=1S/C10H17F3N4O2S/c1-3-4-14-5-8-9(7(2)16-17-8)20(18,19)15-6-10(11,12)13/h14-15H,3-6H2,1-2H3,(H,16,17). The molecule has 0 spiro atoms. The third-order valence-electron chi connectivity index (χ3n) is 2.41. The summed E-state index contributed by atoms with van der Waals surface area (Å²) in [5.41, 5.74) is 0.374. The Kier molecular flexibility index (Phi) is 5.54. The highest BCUT2D eigenvalue weighted by Gasteiger charge is 2.32. The second-order valence-electron chi connectivity index (χ2n) is 4.24. The number of sulfonamides is 1. The maximum absolute atomic E-state index is 12.1. The minimum absolute atomic E-state index is 0.167. The number of aromatic nitrogens is 2. The molecule has 1 heterocycles. The molecule has 1 aromatic rings. The van der Waals surface area contributed by atoms with Crippen molar-refractivity contribution >= 4 is 10.0 Å². The topological polar surface area (TPSA) is 86.9 Å². The molecule has 1 aromatic heterocycles. The highest BCUT2D eigenvalue weighted by molar-refractivity contribution is 7.89. The molecule has 0 atom stereocenters. The quantitative estimate of drug-likeness (QED) is 0.657. The molecular weight excluding hydrogens is 297 g/mol. The molecule has 0 aliphatic rings. The zero-order chi connectivity index (χ0) is 15.4. The highest BCUT2D eigenvalue weighted by Crippen LogP contribution is 2.19. The fraction of sp³-hybridized carbons (Fsp3) is 0.700. The highest BCUT2D eigenvalue weighted by atomic mass is 32.2. The molecule has 20 heavy (non-hydrogen) atoms. The number of aryl methyl sites for hydroxylation is 1. The molecule has 0 radical (unpaired) electrons. The minimum atomic E-state index is -4.61. The van der Waals surface area contributed by atoms with Crippen molar-refractivity contribution in [2.24, 2.45) is 0 Å². The molecule has 0 aliphatic carbocycles. The minimum Gasteiger partial charge on any atom is -0.311 e. The lowest BCUT2D eigenvalue weighted by Gasteiger charge is -2.10. The molecule has 0 aliphatic heterocycles. The van der Waals surface area contributed by atoms with Gasteiger partial charge in [-0.1, -0.05) is 6.92 Å². The van der Waals surface area contributed by atoms with E-state index in [-0.39, 0.29) is 22.8 Å². The van der Waals surface area contributed by atoms with Crippen LogP contribution in [0, 0.1) is 6.92 Å². The Hall–Kier alpha value is -1.13. The molecule has 0 saturated heterocycles. The molecule has 0 amide bonds. The first-order valence-electron chi connectivity index (χ1n) is 5.98. The Labute approximate surface area is 115 Å². The van der Waals surface area contributed by atoms with Crippen LogP contribution in [0.5, 0.6) is 0 Å². The van der Waals surface area contributed by atoms with Crippen molar-refractivity contribution in [2.45, 2.75) is 37.9 Å². The number of H-pyrrole nitrogens is 1. The zero-order valence-corrected chi connectivity index (χ0v) is 12.0. The summed E-state index contributed by atoms with van der Waals surface area (Å²) in [5.74, 6) is 0. The molecule has 6 nitrogen and oxygen atoms in total. The van der Waals surface area contributed by atoms with Crippen LogP contribution in [0.4, 0.5) is 13.2 Å². The van der Waals surface area contributed by atoms with Gasteiger partial charge >= 0.3 is 6.18 Å². The predicted molar refractivity (Wildman–Crippen MR) is 66.6 cm³/mol. The fourth-order valence-corrected chi connectivity index (χ4v) is 2.95. The van der Waals surface area contributed by atoms with Crippen molar-refractivity contribution in [3.05, 3.63) is 11.4 Å². The Balaban J connectivity index is 2.90. The first kappa shape index (κ1) is 16.9. The van der Waals surface area contributed by atoms with Crippen molar-refractivity contribution < 1.29 is 21.6 Å². The average Bonchev–Trinajstić information content (AvgIpc) is 2.69. The second-order valence-corrected chi connectivity index (χ2v) is 5.94. The molecule has 0 fully saturated rings. The monoisotopic (exact) mass is 314 g/mol. The van der Waals surface area contributed by atoms with Crippen molar-refractivity contribution in [3.8, 4) is 0 Å². The van der Waals surface area contributed by atoms with Gasteiger partial charge in [-0.25, -0.2) is 13.1 Å². The van der Waals surface area contributed by atoms with Crippen LogP contribution in [0.25, 0.3) is 0 Å². The van der Waals surface area contributed by atoms with Crippen LogP contribution in [0.2, 0.25) is 0 Å². The number of aromatic amines is 1. The van der Waals surface area contributed by atoms with Gasteiger partial charge in [-0.05, 0) is 19.9 Å². The van der Waals surface area contributed by atoms with Crippen molar-refractivity contribution in [2.75, 3.05) is 13.1 Å². The first-order valence-corrected chi connectivity index (χ1v) is 7.46. The molecule has 1 rings (SSSR count). The van der Waals surface area contributed by atoms with Crippen molar-refractivity contribution in [1.82, 2.24) is 20.2 Å². The molecule has 0 bridgehead atoms. The van der Waals surface area contributed by atoms with Gasteiger partial charge in [0.1, 0.15) is 11.4 Å². The third-order valence-corrected chi connectivity index (χ3v) is 4.02. The largest absolute Gasteiger partial charge is 0.402 e. The van der Waals surface area contributed by atoms with Crippen LogP contribution in [0.15, 0.2) is 4.90 Å². The van der Waals surface area contributed by atoms with E-state index in [1.165, 1.54) is 11.6 Å². The first-order chi connectivity index (χ1) is 9.17. The second kappa shape index (κ2) is 6.55. The summed E-state index contributed by atoms with van der Waals surface area (Å²) in [6.07, 6.45) is -3.76. The van der Waals surface area contributed by atoms with Gasteiger partial charge in [0.05, 0.1) is 11.4 Å². The normalized spacial score (nSPS) is 12.8. The predicted octanol–water partition coefficient (Wildman–Crippen LogP) is 1.06. The van der Waals surface area contributed by atoms with Crippen LogP contribution in [-0.4, -0.2) is 37.9 Å². The molecule has 0 unspecified atom stereocenters. The summed E-state index contributed by atoms with van der Waals surface area (Å²) in [4.78, 5) is -0.231. The van der Waals surface area contributed by atoms with E-state index in [2.05, 4.69) is 15.5 Å². The van der Waals surface area contributed by atoms with Crippen LogP contribution in [0.3, 0.4) is 0 Å². The van der Waals surface area contributed by atoms with E-state index in [0.717, 1.165) is 6.42 Å². The molecule has 116 valence electrons. The number of hydrogen-bond acceptors (Lipinski definition) is 4. The number of rotatable bonds is 7. The Morgan fingerprint density at radius 1 is 1.35 bits per heavy atom. The summed E-state index contributed by atoms with van der Waals surface area (Å²) in [7, 11) is -4.25. The third kappa shape index (κ3) is 4.76. The number of nitrogens with one attached hydrogen (secondary N) is 3. The molecule has 10 heteroatoms. The average molecular weight is 314 g/mol. The summed E-state index contributed by atoms with van der Waals surface area (Å²) in [6, 6.07) is 0. The van der Waals surface area contributed by atoms with Gasteiger partial charge < -0.3 is 5.32 Å². The lowest BCUT2D eigenvalue weighted by Crippen LogP contribution is -2.34. The Morgan fingerprint density at radius 3 is 2.55 bits per heavy atom. The van der Waals surface area contributed by atoms with Gasteiger partial charge in [0, 0.05) is 6.54 Å². The van der Waals surface area contributed by atoms with Crippen LogP contribution in [0.1, 0.15) is 24.7 Å². The summed E-state index contributed by atoms with van der Waals surface area (Å²) < 4.78 is 61.7. The van der Waals surface area contributed by atoms with Gasteiger partial charge in [0.2, 0.25) is 10.0 Å². The van der Waals surface area contributed by atoms with E-state index in [0.29, 0.717) is 6.54 Å². The number of hydrogen-bond donors (Lipinski definition) is 3. The van der Waals surface area contributed by atoms with E-state index in [4.69, 9.17) is 0 Å². The van der Waals surface area contributed by atoms with E-state index in [1.807, 2.05) is 6.92 Å². The van der Waals surface area contributed by atoms with Crippen LogP contribution >= 0.6 is 0 Å². The van der Waals surface area contributed by atoms with Crippen LogP contribution < -0.4 is 10.0 Å². The van der Waals surface area contributed by atoms with Gasteiger partial charge in [0.25, 0.3) is 0 Å². The fourth-order valence-electron chi connectivity index (χ4n) is 1.58. The summed E-state index contributed by atoms with van der Waals surface area (Å²) in [6.45, 7) is 2.59. The summed E-state index contributed by atoms with van der Waals surface area (Å²) >= 11 is 0. The smallest absolute Gasteiger partial charge is 0.311 e. The number of alkyl halides is 3. The van der Waals surface area contributed by atoms with E-state index in [1.54, 1.807) is 0 Å². The van der Waals surface area contributed by atoms with Gasteiger partial charge in [-0.15, -0.1) is 0 Å². The number of halogens is 3. The Morgan fingerprint density at radius 2 is 2.00 bits per heavy atom.